The van der Waals surface area contributed by atoms with Crippen LogP contribution in [0.2, 0.25) is 5.02 Å². The molecule has 0 saturated heterocycles. The smallest absolute Gasteiger partial charge is 0.331 e. The van der Waals surface area contributed by atoms with Crippen molar-refractivity contribution in [3.63, 3.8) is 0 Å². The van der Waals surface area contributed by atoms with Gasteiger partial charge in [-0.05, 0) is 56.0 Å². The summed E-state index contributed by atoms with van der Waals surface area (Å²) in [5, 5.41) is 5.81. The topological polar surface area (TPSA) is 102 Å². The van der Waals surface area contributed by atoms with Crippen molar-refractivity contribution in [2.24, 2.45) is 0 Å². The molecule has 1 aromatic heterocycles. The molecule has 10 heteroatoms. The molecule has 2 N–H and O–H groups in total. The van der Waals surface area contributed by atoms with Crippen LogP contribution in [0, 0.1) is 5.82 Å². The van der Waals surface area contributed by atoms with Crippen LogP contribution in [0.4, 0.5) is 10.1 Å². The van der Waals surface area contributed by atoms with E-state index < -0.39 is 23.0 Å². The molecule has 0 aliphatic heterocycles. The van der Waals surface area contributed by atoms with Crippen LogP contribution in [-0.4, -0.2) is 27.0 Å². The third-order valence-corrected chi connectivity index (χ3v) is 6.68. The maximum absolute atomic E-state index is 13.4. The molecule has 1 saturated carbocycles. The highest BCUT2D eigenvalue weighted by molar-refractivity contribution is 6.31. The minimum absolute atomic E-state index is 0.0114. The summed E-state index contributed by atoms with van der Waals surface area (Å²) in [6, 6.07) is 10.6. The molecule has 1 aliphatic carbocycles. The summed E-state index contributed by atoms with van der Waals surface area (Å²) in [4.78, 5) is 51.1. The minimum Gasteiger partial charge on any atom is -0.353 e. The first kappa shape index (κ1) is 25.6. The lowest BCUT2D eigenvalue weighted by Gasteiger charge is -2.15. The molecule has 1 aliphatic rings. The fourth-order valence-corrected chi connectivity index (χ4v) is 4.74. The van der Waals surface area contributed by atoms with Gasteiger partial charge in [-0.25, -0.2) is 9.18 Å². The zero-order valence-corrected chi connectivity index (χ0v) is 20.5. The molecule has 3 aromatic rings. The van der Waals surface area contributed by atoms with Gasteiger partial charge >= 0.3 is 5.69 Å². The molecule has 36 heavy (non-hydrogen) atoms. The van der Waals surface area contributed by atoms with Gasteiger partial charge in [-0.15, -0.1) is 0 Å². The van der Waals surface area contributed by atoms with Gasteiger partial charge in [0, 0.05) is 24.7 Å². The van der Waals surface area contributed by atoms with E-state index in [1.807, 2.05) is 0 Å². The van der Waals surface area contributed by atoms with E-state index in [4.69, 9.17) is 11.6 Å². The van der Waals surface area contributed by atoms with E-state index in [0.717, 1.165) is 36.3 Å². The third-order valence-electron chi connectivity index (χ3n) is 6.39. The highest BCUT2D eigenvalue weighted by Gasteiger charge is 2.18. The Morgan fingerprint density at radius 3 is 2.50 bits per heavy atom. The average molecular weight is 515 g/mol. The Morgan fingerprint density at radius 1 is 1.00 bits per heavy atom. The van der Waals surface area contributed by atoms with Crippen LogP contribution >= 0.6 is 11.6 Å². The highest BCUT2D eigenvalue weighted by atomic mass is 35.5. The van der Waals surface area contributed by atoms with Crippen molar-refractivity contribution in [3.8, 4) is 0 Å². The van der Waals surface area contributed by atoms with Gasteiger partial charge in [-0.1, -0.05) is 36.6 Å². The lowest BCUT2D eigenvalue weighted by Crippen LogP contribution is -2.41. The fourth-order valence-electron chi connectivity index (χ4n) is 4.56. The van der Waals surface area contributed by atoms with Crippen molar-refractivity contribution in [1.82, 2.24) is 14.5 Å². The first-order chi connectivity index (χ1) is 17.3. The second kappa shape index (κ2) is 11.5. The number of unbranched alkanes of at least 4 members (excludes halogenated alkanes) is 1. The molecular formula is C26H28ClFN4O4. The summed E-state index contributed by atoms with van der Waals surface area (Å²) in [5.41, 5.74) is -0.422. The minimum atomic E-state index is -0.611. The molecule has 0 unspecified atom stereocenters. The quantitative estimate of drug-likeness (QED) is 0.424. The van der Waals surface area contributed by atoms with Crippen LogP contribution in [0.15, 0.2) is 52.1 Å². The molecule has 0 bridgehead atoms. The number of para-hydroxylation sites is 1. The molecule has 2 aromatic carbocycles. The number of nitrogens with zero attached hydrogens (tertiary/aromatic N) is 2. The number of halogens is 2. The number of amides is 2. The summed E-state index contributed by atoms with van der Waals surface area (Å²) in [6.45, 7) is -0.215. The Bertz CT molecular complexity index is 1390. The number of nitrogens with one attached hydrogen (secondary N) is 2. The molecule has 0 spiro atoms. The van der Waals surface area contributed by atoms with Gasteiger partial charge < -0.3 is 10.6 Å². The van der Waals surface area contributed by atoms with Gasteiger partial charge in [-0.3, -0.25) is 23.5 Å². The molecule has 8 nitrogen and oxygen atoms in total. The maximum Gasteiger partial charge on any atom is 0.331 e. The predicted octanol–water partition coefficient (Wildman–Crippen LogP) is 3.82. The average Bonchev–Trinajstić information content (AvgIpc) is 3.36. The predicted molar refractivity (Wildman–Crippen MR) is 137 cm³/mol. The van der Waals surface area contributed by atoms with E-state index in [9.17, 15) is 23.6 Å². The number of anilines is 1. The monoisotopic (exact) mass is 514 g/mol. The Kier molecular flexibility index (Phi) is 8.20. The standard InChI is InChI=1S/C26H28ClFN4O4/c27-20-15-18(12-13-21(20)28)30-24(34)16-32-22-10-4-3-9-19(22)25(35)31(26(32)36)14-6-5-11-23(33)29-17-7-1-2-8-17/h3-4,9-10,12-13,15,17H,1-2,5-8,11,14,16H2,(H,29,33)(H,30,34). The molecule has 0 atom stereocenters. The van der Waals surface area contributed by atoms with E-state index >= 15 is 0 Å². The van der Waals surface area contributed by atoms with E-state index in [2.05, 4.69) is 10.6 Å². The van der Waals surface area contributed by atoms with Crippen molar-refractivity contribution >= 4 is 40.0 Å². The Morgan fingerprint density at radius 2 is 1.75 bits per heavy atom. The number of carbonyl (C=O) groups is 2. The summed E-state index contributed by atoms with van der Waals surface area (Å²) in [5.74, 6) is -1.15. The molecule has 2 amide bonds. The maximum atomic E-state index is 13.4. The molecular weight excluding hydrogens is 487 g/mol. The van der Waals surface area contributed by atoms with Crippen LogP contribution < -0.4 is 21.9 Å². The van der Waals surface area contributed by atoms with Crippen molar-refractivity contribution in [2.45, 2.75) is 64.1 Å². The first-order valence-electron chi connectivity index (χ1n) is 12.1. The van der Waals surface area contributed by atoms with Crippen molar-refractivity contribution in [3.05, 3.63) is 74.1 Å². The number of rotatable bonds is 9. The molecule has 190 valence electrons. The third kappa shape index (κ3) is 6.02. The van der Waals surface area contributed by atoms with Gasteiger partial charge in [0.05, 0.1) is 15.9 Å². The van der Waals surface area contributed by atoms with Crippen LogP contribution in [0.3, 0.4) is 0 Å². The molecule has 1 fully saturated rings. The van der Waals surface area contributed by atoms with Gasteiger partial charge in [-0.2, -0.15) is 0 Å². The largest absolute Gasteiger partial charge is 0.353 e. The lowest BCUT2D eigenvalue weighted by molar-refractivity contribution is -0.122. The number of carbonyl (C=O) groups excluding carboxylic acids is 2. The van der Waals surface area contributed by atoms with Gasteiger partial charge in [0.25, 0.3) is 5.56 Å². The van der Waals surface area contributed by atoms with Gasteiger partial charge in [0.15, 0.2) is 0 Å². The number of benzene rings is 2. The number of hydrogen-bond acceptors (Lipinski definition) is 4. The second-order valence-corrected chi connectivity index (χ2v) is 9.43. The first-order valence-corrected chi connectivity index (χ1v) is 12.5. The zero-order valence-electron chi connectivity index (χ0n) is 19.8. The summed E-state index contributed by atoms with van der Waals surface area (Å²) in [6.07, 6.45) is 5.62. The number of hydrogen-bond donors (Lipinski definition) is 2. The van der Waals surface area contributed by atoms with Crippen LogP contribution in [0.5, 0.6) is 0 Å². The van der Waals surface area contributed by atoms with Gasteiger partial charge in [0.2, 0.25) is 11.8 Å². The molecule has 0 radical (unpaired) electrons. The molecule has 1 heterocycles. The highest BCUT2D eigenvalue weighted by Crippen LogP contribution is 2.20. The summed E-state index contributed by atoms with van der Waals surface area (Å²) >= 11 is 5.78. The normalized spacial score (nSPS) is 13.7. The van der Waals surface area contributed by atoms with E-state index in [-0.39, 0.29) is 35.7 Å². The van der Waals surface area contributed by atoms with E-state index in [1.54, 1.807) is 24.3 Å². The number of fused-ring (bicyclic) bond motifs is 1. The number of aromatic nitrogens is 2. The van der Waals surface area contributed by atoms with Crippen molar-refractivity contribution in [2.75, 3.05) is 5.32 Å². The van der Waals surface area contributed by atoms with E-state index in [0.29, 0.717) is 30.2 Å². The summed E-state index contributed by atoms with van der Waals surface area (Å²) < 4.78 is 15.8. The van der Waals surface area contributed by atoms with Crippen LogP contribution in [0.25, 0.3) is 10.9 Å². The molecule has 4 rings (SSSR count). The van der Waals surface area contributed by atoms with Crippen LogP contribution in [-0.2, 0) is 22.7 Å². The second-order valence-electron chi connectivity index (χ2n) is 9.03. The fraction of sp³-hybridized carbons (Fsp3) is 0.385. The zero-order chi connectivity index (χ0) is 25.7. The Balaban J connectivity index is 1.48. The Labute approximate surface area is 212 Å². The Hall–Kier alpha value is -3.46. The van der Waals surface area contributed by atoms with Gasteiger partial charge in [0.1, 0.15) is 12.4 Å². The SMILES string of the molecule is O=C(Cn1c(=O)n(CCCCC(=O)NC2CCCC2)c(=O)c2ccccc21)Nc1ccc(F)c(Cl)c1. The van der Waals surface area contributed by atoms with Crippen molar-refractivity contribution in [1.29, 1.82) is 0 Å². The lowest BCUT2D eigenvalue weighted by atomic mass is 10.2. The van der Waals surface area contributed by atoms with E-state index in [1.165, 1.54) is 16.7 Å². The summed E-state index contributed by atoms with van der Waals surface area (Å²) in [7, 11) is 0. The van der Waals surface area contributed by atoms with Crippen molar-refractivity contribution < 1.29 is 14.0 Å². The van der Waals surface area contributed by atoms with Crippen LogP contribution in [0.1, 0.15) is 44.9 Å².